The molecular weight excluding hydrogens is 398 g/mol. The second-order valence-corrected chi connectivity index (χ2v) is 8.84. The molecular formula is C24H29NO4S. The first-order valence-corrected chi connectivity index (χ1v) is 11.4. The molecule has 30 heavy (non-hydrogen) atoms. The lowest BCUT2D eigenvalue weighted by molar-refractivity contribution is -0.117. The van der Waals surface area contributed by atoms with Gasteiger partial charge in [0.15, 0.2) is 0 Å². The maximum atomic E-state index is 12.5. The maximum Gasteiger partial charge on any atom is 0.345 e. The highest BCUT2D eigenvalue weighted by Crippen LogP contribution is 2.30. The van der Waals surface area contributed by atoms with Gasteiger partial charge >= 0.3 is 5.97 Å². The van der Waals surface area contributed by atoms with Crippen molar-refractivity contribution < 1.29 is 19.8 Å². The molecule has 2 atom stereocenters. The van der Waals surface area contributed by atoms with Gasteiger partial charge in [0.2, 0.25) is 5.91 Å². The van der Waals surface area contributed by atoms with Gasteiger partial charge in [-0.3, -0.25) is 4.79 Å². The van der Waals surface area contributed by atoms with Crippen molar-refractivity contribution in [3.63, 3.8) is 0 Å². The molecule has 6 heteroatoms. The molecule has 0 aliphatic carbocycles. The van der Waals surface area contributed by atoms with E-state index in [4.69, 9.17) is 5.11 Å². The summed E-state index contributed by atoms with van der Waals surface area (Å²) in [5.41, 5.74) is 1.74. The zero-order chi connectivity index (χ0) is 21.5. The Morgan fingerprint density at radius 1 is 1.23 bits per heavy atom. The van der Waals surface area contributed by atoms with Crippen LogP contribution in [0.4, 0.5) is 5.69 Å². The average Bonchev–Trinajstić information content (AvgIpc) is 3.35. The second kappa shape index (κ2) is 10.5. The topological polar surface area (TPSA) is 77.8 Å². The Kier molecular flexibility index (Phi) is 7.82. The lowest BCUT2D eigenvalue weighted by Gasteiger charge is -2.23. The van der Waals surface area contributed by atoms with Crippen LogP contribution >= 0.6 is 11.3 Å². The van der Waals surface area contributed by atoms with E-state index in [0.29, 0.717) is 17.7 Å². The van der Waals surface area contributed by atoms with E-state index in [1.165, 1.54) is 11.3 Å². The summed E-state index contributed by atoms with van der Waals surface area (Å²) in [6.45, 7) is 2.15. The maximum absolute atomic E-state index is 12.5. The first kappa shape index (κ1) is 22.2. The summed E-state index contributed by atoms with van der Waals surface area (Å²) in [5.74, 6) is -0.799. The molecule has 1 aromatic carbocycles. The number of carboxylic acid groups (broad SMARTS) is 1. The Labute approximate surface area is 181 Å². The van der Waals surface area contributed by atoms with Crippen molar-refractivity contribution in [1.29, 1.82) is 0 Å². The molecule has 1 aromatic heterocycles. The highest BCUT2D eigenvalue weighted by Gasteiger charge is 2.30. The van der Waals surface area contributed by atoms with Crippen LogP contribution < -0.4 is 4.90 Å². The van der Waals surface area contributed by atoms with E-state index < -0.39 is 12.1 Å². The lowest BCUT2D eigenvalue weighted by Crippen LogP contribution is -2.31. The predicted octanol–water partition coefficient (Wildman–Crippen LogP) is 5.35. The molecule has 1 aliphatic rings. The Bertz CT molecular complexity index is 887. The molecule has 0 bridgehead atoms. The van der Waals surface area contributed by atoms with Gasteiger partial charge in [-0.1, -0.05) is 50.5 Å². The SMILES string of the molecule is CCCCCC(O)c1ccc(N2C(=O)CC[C@@H]2C=CCc2ccc(C(=O)O)s2)cc1. The number of allylic oxidation sites excluding steroid dienone is 1. The third-order valence-electron chi connectivity index (χ3n) is 5.44. The number of benzene rings is 1. The molecule has 1 fully saturated rings. The molecule has 160 valence electrons. The van der Waals surface area contributed by atoms with E-state index in [-0.39, 0.29) is 11.9 Å². The number of aliphatic hydroxyl groups excluding tert-OH is 1. The van der Waals surface area contributed by atoms with Crippen LogP contribution in [0.1, 0.15) is 71.7 Å². The van der Waals surface area contributed by atoms with E-state index >= 15 is 0 Å². The highest BCUT2D eigenvalue weighted by molar-refractivity contribution is 7.13. The van der Waals surface area contributed by atoms with Gasteiger partial charge in [0.1, 0.15) is 4.88 Å². The van der Waals surface area contributed by atoms with Gasteiger partial charge < -0.3 is 15.1 Å². The molecule has 0 saturated carbocycles. The summed E-state index contributed by atoms with van der Waals surface area (Å²) in [7, 11) is 0. The number of anilines is 1. The molecule has 2 aromatic rings. The summed E-state index contributed by atoms with van der Waals surface area (Å²) in [4.78, 5) is 26.6. The van der Waals surface area contributed by atoms with E-state index in [1.807, 2.05) is 47.4 Å². The number of carbonyl (C=O) groups is 2. The van der Waals surface area contributed by atoms with Crippen molar-refractivity contribution in [3.05, 3.63) is 63.9 Å². The van der Waals surface area contributed by atoms with Crippen LogP contribution in [0.25, 0.3) is 0 Å². The van der Waals surface area contributed by atoms with E-state index in [9.17, 15) is 14.7 Å². The Morgan fingerprint density at radius 3 is 2.67 bits per heavy atom. The van der Waals surface area contributed by atoms with Crippen molar-refractivity contribution in [3.8, 4) is 0 Å². The molecule has 3 rings (SSSR count). The number of hydrogen-bond acceptors (Lipinski definition) is 4. The molecule has 1 saturated heterocycles. The van der Waals surface area contributed by atoms with Crippen molar-refractivity contribution in [1.82, 2.24) is 0 Å². The molecule has 0 spiro atoms. The monoisotopic (exact) mass is 427 g/mol. The molecule has 2 N–H and O–H groups in total. The molecule has 2 heterocycles. The fourth-order valence-electron chi connectivity index (χ4n) is 3.78. The van der Waals surface area contributed by atoms with Crippen molar-refractivity contribution in [2.45, 2.75) is 64.0 Å². The Hall–Kier alpha value is -2.44. The van der Waals surface area contributed by atoms with Crippen molar-refractivity contribution in [2.24, 2.45) is 0 Å². The molecule has 1 aliphatic heterocycles. The van der Waals surface area contributed by atoms with Crippen LogP contribution in [0.15, 0.2) is 48.6 Å². The number of hydrogen-bond donors (Lipinski definition) is 2. The third kappa shape index (κ3) is 5.58. The number of unbranched alkanes of at least 4 members (excludes halogenated alkanes) is 2. The normalized spacial score (nSPS) is 17.7. The number of nitrogens with zero attached hydrogens (tertiary/aromatic N) is 1. The van der Waals surface area contributed by atoms with Crippen LogP contribution in [0.5, 0.6) is 0 Å². The third-order valence-corrected chi connectivity index (χ3v) is 6.54. The molecule has 5 nitrogen and oxygen atoms in total. The number of aliphatic hydroxyl groups is 1. The number of rotatable bonds is 10. The minimum absolute atomic E-state index is 0.00302. The first-order chi connectivity index (χ1) is 14.5. The van der Waals surface area contributed by atoms with Crippen molar-refractivity contribution >= 4 is 28.9 Å². The number of carbonyl (C=O) groups excluding carboxylic acids is 1. The molecule has 1 amide bonds. The van der Waals surface area contributed by atoms with Gasteiger partial charge in [-0.25, -0.2) is 4.79 Å². The summed E-state index contributed by atoms with van der Waals surface area (Å²) < 4.78 is 0. The van der Waals surface area contributed by atoms with Crippen LogP contribution in [-0.2, 0) is 11.2 Å². The van der Waals surface area contributed by atoms with E-state index in [0.717, 1.165) is 48.2 Å². The van der Waals surface area contributed by atoms with Crippen LogP contribution in [0, 0.1) is 0 Å². The number of amides is 1. The van der Waals surface area contributed by atoms with Gasteiger partial charge in [-0.05, 0) is 49.1 Å². The van der Waals surface area contributed by atoms with Gasteiger partial charge in [0.25, 0.3) is 0 Å². The highest BCUT2D eigenvalue weighted by atomic mass is 32.1. The Balaban J connectivity index is 1.63. The number of carboxylic acids is 1. The summed E-state index contributed by atoms with van der Waals surface area (Å²) in [6, 6.07) is 11.1. The molecule has 1 unspecified atom stereocenters. The minimum Gasteiger partial charge on any atom is -0.477 e. The molecule has 0 radical (unpaired) electrons. The van der Waals surface area contributed by atoms with Gasteiger partial charge in [0.05, 0.1) is 12.1 Å². The fourth-order valence-corrected chi connectivity index (χ4v) is 4.60. The van der Waals surface area contributed by atoms with Gasteiger partial charge in [0, 0.05) is 17.0 Å². The van der Waals surface area contributed by atoms with Crippen molar-refractivity contribution in [2.75, 3.05) is 4.90 Å². The first-order valence-electron chi connectivity index (χ1n) is 10.6. The van der Waals surface area contributed by atoms with Gasteiger partial charge in [-0.2, -0.15) is 0 Å². The predicted molar refractivity (Wildman–Crippen MR) is 120 cm³/mol. The minimum atomic E-state index is -0.901. The summed E-state index contributed by atoms with van der Waals surface area (Å²) >= 11 is 1.28. The second-order valence-electron chi connectivity index (χ2n) is 7.68. The van der Waals surface area contributed by atoms with E-state index in [1.54, 1.807) is 6.07 Å². The van der Waals surface area contributed by atoms with Gasteiger partial charge in [-0.15, -0.1) is 11.3 Å². The van der Waals surface area contributed by atoms with Crippen LogP contribution in [0.3, 0.4) is 0 Å². The Morgan fingerprint density at radius 2 is 2.00 bits per heavy atom. The zero-order valence-corrected chi connectivity index (χ0v) is 18.1. The zero-order valence-electron chi connectivity index (χ0n) is 17.3. The number of thiophene rings is 1. The summed E-state index contributed by atoms with van der Waals surface area (Å²) in [6.07, 6.45) is 9.54. The average molecular weight is 428 g/mol. The van der Waals surface area contributed by atoms with E-state index in [2.05, 4.69) is 6.92 Å². The summed E-state index contributed by atoms with van der Waals surface area (Å²) in [5, 5.41) is 19.4. The standard InChI is InChI=1S/C24H29NO4S/c1-2-3-4-8-21(26)17-9-11-19(12-10-17)25-18(13-16-23(25)27)6-5-7-20-14-15-22(30-20)24(28)29/h5-6,9-12,14-15,18,21,26H,2-4,7-8,13,16H2,1H3,(H,28,29)/t18-,21?/m0/s1. The largest absolute Gasteiger partial charge is 0.477 e. The quantitative estimate of drug-likeness (QED) is 0.395. The smallest absolute Gasteiger partial charge is 0.345 e. The van der Waals surface area contributed by atoms with Crippen LogP contribution in [-0.4, -0.2) is 28.1 Å². The van der Waals surface area contributed by atoms with Crippen LogP contribution in [0.2, 0.25) is 0 Å². The lowest BCUT2D eigenvalue weighted by atomic mass is 10.0. The fraction of sp³-hybridized carbons (Fsp3) is 0.417. The number of aromatic carboxylic acids is 1.